The molecule has 2 saturated carbocycles. The molecule has 0 aromatic heterocycles. The molecule has 0 aromatic carbocycles. The number of ketones is 4. The molecule has 3 fully saturated rings. The third-order valence-electron chi connectivity index (χ3n) is 12.0. The van der Waals surface area contributed by atoms with E-state index in [1.165, 1.54) is 0 Å². The summed E-state index contributed by atoms with van der Waals surface area (Å²) >= 11 is 5.76. The summed E-state index contributed by atoms with van der Waals surface area (Å²) in [6.07, 6.45) is 6.61. The van der Waals surface area contributed by atoms with Crippen LogP contribution in [-0.4, -0.2) is 71.3 Å². The first-order chi connectivity index (χ1) is 22.5. The summed E-state index contributed by atoms with van der Waals surface area (Å²) in [6.45, 7) is 17.6. The molecule has 2 unspecified atom stereocenters. The van der Waals surface area contributed by atoms with Gasteiger partial charge in [0, 0.05) is 49.9 Å². The van der Waals surface area contributed by atoms with Crippen LogP contribution in [0.1, 0.15) is 146 Å². The SMILES string of the molecule is CCCCC(CC(=O)[C@@H]1[C@@H]2C(CN1C(=O)[C@@H](CC(=O)CC1(CS(=O)(=O)C(C)(C)C)CCCCC1)C(C)(C)C)C2(C)C)C(=O)C(=O)CCCCl. The molecule has 1 saturated heterocycles. The first-order valence-electron chi connectivity index (χ1n) is 18.7. The maximum Gasteiger partial charge on any atom is 0.227 e. The molecule has 0 N–H and O–H groups in total. The largest absolute Gasteiger partial charge is 0.332 e. The van der Waals surface area contributed by atoms with Crippen molar-refractivity contribution in [3.8, 4) is 0 Å². The van der Waals surface area contributed by atoms with Gasteiger partial charge in [-0.3, -0.25) is 24.0 Å². The molecule has 1 aliphatic heterocycles. The minimum absolute atomic E-state index is 0.0114. The van der Waals surface area contributed by atoms with Crippen molar-refractivity contribution in [2.24, 2.45) is 39.9 Å². The van der Waals surface area contributed by atoms with Crippen molar-refractivity contribution in [2.45, 2.75) is 157 Å². The van der Waals surface area contributed by atoms with Crippen molar-refractivity contribution in [1.29, 1.82) is 0 Å². The van der Waals surface area contributed by atoms with Crippen LogP contribution in [-0.2, 0) is 33.8 Å². The van der Waals surface area contributed by atoms with Crippen LogP contribution in [0.3, 0.4) is 0 Å². The van der Waals surface area contributed by atoms with Crippen LogP contribution in [0.2, 0.25) is 0 Å². The fourth-order valence-electron chi connectivity index (χ4n) is 8.58. The van der Waals surface area contributed by atoms with E-state index in [2.05, 4.69) is 13.8 Å². The Labute approximate surface area is 301 Å². The minimum Gasteiger partial charge on any atom is -0.332 e. The predicted molar refractivity (Wildman–Crippen MR) is 195 cm³/mol. The zero-order valence-electron chi connectivity index (χ0n) is 31.8. The van der Waals surface area contributed by atoms with E-state index in [4.69, 9.17) is 11.6 Å². The van der Waals surface area contributed by atoms with Crippen LogP contribution in [0.5, 0.6) is 0 Å². The van der Waals surface area contributed by atoms with E-state index in [-0.39, 0.29) is 72.0 Å². The molecule has 0 radical (unpaired) electrons. The second-order valence-corrected chi connectivity index (χ2v) is 21.4. The molecule has 280 valence electrons. The maximum atomic E-state index is 14.6. The lowest BCUT2D eigenvalue weighted by Gasteiger charge is -2.40. The van der Waals surface area contributed by atoms with Gasteiger partial charge in [-0.05, 0) is 74.5 Å². The van der Waals surface area contributed by atoms with Crippen LogP contribution >= 0.6 is 11.6 Å². The highest BCUT2D eigenvalue weighted by molar-refractivity contribution is 7.92. The molecule has 0 aromatic rings. The number of fused-ring (bicyclic) bond motifs is 1. The molecule has 2 aliphatic carbocycles. The summed E-state index contributed by atoms with van der Waals surface area (Å²) in [7, 11) is -3.47. The lowest BCUT2D eigenvalue weighted by atomic mass is 9.70. The Bertz CT molecular complexity index is 1350. The molecule has 8 nitrogen and oxygen atoms in total. The normalized spacial score (nSPS) is 24.5. The van der Waals surface area contributed by atoms with Gasteiger partial charge < -0.3 is 4.90 Å². The summed E-state index contributed by atoms with van der Waals surface area (Å²) < 4.78 is 25.8. The van der Waals surface area contributed by atoms with Crippen molar-refractivity contribution in [3.05, 3.63) is 0 Å². The topological polar surface area (TPSA) is 123 Å². The Morgan fingerprint density at radius 3 is 2.06 bits per heavy atom. The van der Waals surface area contributed by atoms with Gasteiger partial charge in [0.1, 0.15) is 5.78 Å². The van der Waals surface area contributed by atoms with E-state index in [0.29, 0.717) is 38.6 Å². The standard InChI is InChI=1S/C39H64ClNO7S/c1-10-11-16-26(34(45)30(43)17-15-20-40)21-31(44)33-32-29(38(32,8)9)24-41(33)35(46)28(36(2,3)4)22-27(42)23-39(18-13-12-14-19-39)25-49(47,48)37(5,6)7/h26,28-29,32-33H,10-25H2,1-9H3/t26?,28-,29?,32+,33-/m1/s1. The number of carbonyl (C=O) groups excluding carboxylic acids is 5. The zero-order chi connectivity index (χ0) is 37.2. The first-order valence-corrected chi connectivity index (χ1v) is 20.9. The number of likely N-dealkylation sites (tertiary alicyclic amines) is 1. The van der Waals surface area contributed by atoms with Crippen LogP contribution in [0, 0.1) is 39.9 Å². The van der Waals surface area contributed by atoms with Gasteiger partial charge in [0.2, 0.25) is 11.7 Å². The van der Waals surface area contributed by atoms with E-state index in [9.17, 15) is 32.4 Å². The molecular formula is C39H64ClNO7S. The lowest BCUT2D eigenvalue weighted by molar-refractivity contribution is -0.148. The van der Waals surface area contributed by atoms with Gasteiger partial charge >= 0.3 is 0 Å². The van der Waals surface area contributed by atoms with E-state index < -0.39 is 54.9 Å². The first kappa shape index (κ1) is 41.8. The summed E-state index contributed by atoms with van der Waals surface area (Å²) in [4.78, 5) is 70.4. The molecule has 0 bridgehead atoms. The molecule has 10 heteroatoms. The summed E-state index contributed by atoms with van der Waals surface area (Å²) in [6, 6.07) is -0.705. The lowest BCUT2D eigenvalue weighted by Crippen LogP contribution is -2.51. The molecule has 5 atom stereocenters. The van der Waals surface area contributed by atoms with Crippen LogP contribution in [0.15, 0.2) is 0 Å². The van der Waals surface area contributed by atoms with Crippen molar-refractivity contribution in [1.82, 2.24) is 4.90 Å². The highest BCUT2D eigenvalue weighted by Crippen LogP contribution is 2.65. The quantitative estimate of drug-likeness (QED) is 0.106. The Morgan fingerprint density at radius 1 is 0.918 bits per heavy atom. The van der Waals surface area contributed by atoms with Crippen LogP contribution < -0.4 is 0 Å². The monoisotopic (exact) mass is 725 g/mol. The minimum atomic E-state index is -3.47. The number of halogens is 1. The fraction of sp³-hybridized carbons (Fsp3) is 0.872. The second-order valence-electron chi connectivity index (χ2n) is 18.2. The average molecular weight is 726 g/mol. The third kappa shape index (κ3) is 9.84. The number of hydrogen-bond acceptors (Lipinski definition) is 7. The van der Waals surface area contributed by atoms with Crippen molar-refractivity contribution >= 4 is 50.5 Å². The molecule has 3 aliphatic rings. The number of carbonyl (C=O) groups is 5. The number of hydrogen-bond donors (Lipinski definition) is 0. The number of sulfone groups is 1. The average Bonchev–Trinajstić information content (AvgIpc) is 3.30. The molecule has 49 heavy (non-hydrogen) atoms. The van der Waals surface area contributed by atoms with Gasteiger partial charge in [0.15, 0.2) is 21.4 Å². The second kappa shape index (κ2) is 16.0. The third-order valence-corrected chi connectivity index (χ3v) is 15.2. The number of unbranched alkanes of at least 4 members (excludes halogenated alkanes) is 1. The van der Waals surface area contributed by atoms with E-state index >= 15 is 0 Å². The van der Waals surface area contributed by atoms with Gasteiger partial charge in [0.05, 0.1) is 16.5 Å². The van der Waals surface area contributed by atoms with Gasteiger partial charge in [-0.2, -0.15) is 0 Å². The van der Waals surface area contributed by atoms with E-state index in [1.54, 1.807) is 25.7 Å². The molecule has 3 rings (SSSR count). The number of alkyl halides is 1. The Kier molecular flexibility index (Phi) is 13.6. The number of Topliss-reactive ketones (excluding diaryl/α,β-unsaturated/α-hetero) is 4. The highest BCUT2D eigenvalue weighted by Gasteiger charge is 2.69. The van der Waals surface area contributed by atoms with Crippen molar-refractivity contribution in [3.63, 3.8) is 0 Å². The molecule has 1 heterocycles. The molecular weight excluding hydrogens is 662 g/mol. The van der Waals surface area contributed by atoms with Crippen molar-refractivity contribution < 1.29 is 32.4 Å². The fourth-order valence-corrected chi connectivity index (χ4v) is 10.3. The number of rotatable bonds is 18. The molecule has 1 amide bonds. The predicted octanol–water partition coefficient (Wildman–Crippen LogP) is 7.57. The van der Waals surface area contributed by atoms with Gasteiger partial charge in [-0.1, -0.05) is 73.6 Å². The van der Waals surface area contributed by atoms with Gasteiger partial charge in [-0.15, -0.1) is 11.6 Å². The van der Waals surface area contributed by atoms with Crippen LogP contribution in [0.25, 0.3) is 0 Å². The maximum absolute atomic E-state index is 14.6. The zero-order valence-corrected chi connectivity index (χ0v) is 33.4. The Hall–Kier alpha value is -1.61. The van der Waals surface area contributed by atoms with Crippen molar-refractivity contribution in [2.75, 3.05) is 18.2 Å². The summed E-state index contributed by atoms with van der Waals surface area (Å²) in [5.41, 5.74) is -1.35. The Balaban J connectivity index is 1.86. The molecule has 0 spiro atoms. The Morgan fingerprint density at radius 2 is 1.53 bits per heavy atom. The van der Waals surface area contributed by atoms with E-state index in [0.717, 1.165) is 25.7 Å². The van der Waals surface area contributed by atoms with E-state index in [1.807, 2.05) is 27.7 Å². The number of amides is 1. The van der Waals surface area contributed by atoms with Crippen LogP contribution in [0.4, 0.5) is 0 Å². The van der Waals surface area contributed by atoms with Gasteiger partial charge in [-0.25, -0.2) is 8.42 Å². The highest BCUT2D eigenvalue weighted by atomic mass is 35.5. The summed E-state index contributed by atoms with van der Waals surface area (Å²) in [5, 5.41) is 0. The smallest absolute Gasteiger partial charge is 0.227 e. The number of nitrogens with zero attached hydrogens (tertiary/aromatic N) is 1. The number of piperidine rings is 1. The summed E-state index contributed by atoms with van der Waals surface area (Å²) in [5.74, 6) is -2.57. The van der Waals surface area contributed by atoms with Gasteiger partial charge in [0.25, 0.3) is 0 Å².